The van der Waals surface area contributed by atoms with Gasteiger partial charge in [-0.2, -0.15) is 0 Å². The zero-order chi connectivity index (χ0) is 26.2. The van der Waals surface area contributed by atoms with E-state index in [0.29, 0.717) is 23.2 Å². The molecule has 1 aliphatic carbocycles. The molecule has 1 aliphatic heterocycles. The maximum absolute atomic E-state index is 13.1. The molecule has 196 valence electrons. The molecule has 0 spiro atoms. The number of amides is 2. The van der Waals surface area contributed by atoms with E-state index in [1.54, 1.807) is 49.2 Å². The molecular formula is C30H36N2O5. The molecule has 0 N–H and O–H groups in total. The normalized spacial score (nSPS) is 19.2. The van der Waals surface area contributed by atoms with Crippen LogP contribution in [0.3, 0.4) is 0 Å². The van der Waals surface area contributed by atoms with E-state index in [1.807, 2.05) is 35.2 Å². The van der Waals surface area contributed by atoms with Crippen molar-refractivity contribution in [3.05, 3.63) is 65.7 Å². The van der Waals surface area contributed by atoms with Gasteiger partial charge in [-0.15, -0.1) is 0 Å². The number of hydrogen-bond donors (Lipinski definition) is 0. The fraction of sp³-hybridized carbons (Fsp3) is 0.433. The minimum atomic E-state index is -0.470. The highest BCUT2D eigenvalue weighted by Crippen LogP contribution is 2.36. The van der Waals surface area contributed by atoms with Gasteiger partial charge in [0.2, 0.25) is 5.91 Å². The molecule has 4 rings (SSSR count). The summed E-state index contributed by atoms with van der Waals surface area (Å²) in [6.45, 7) is 3.50. The van der Waals surface area contributed by atoms with Crippen molar-refractivity contribution in [3.8, 4) is 5.75 Å². The second-order valence-electron chi connectivity index (χ2n) is 9.82. The Morgan fingerprint density at radius 1 is 0.973 bits per heavy atom. The van der Waals surface area contributed by atoms with Gasteiger partial charge in [0, 0.05) is 31.4 Å². The number of fused-ring (bicyclic) bond motifs is 1. The zero-order valence-electron chi connectivity index (χ0n) is 21.7. The molecule has 7 nitrogen and oxygen atoms in total. The van der Waals surface area contributed by atoms with Crippen molar-refractivity contribution in [2.45, 2.75) is 39.0 Å². The van der Waals surface area contributed by atoms with Crippen molar-refractivity contribution in [1.29, 1.82) is 0 Å². The Balaban J connectivity index is 1.37. The summed E-state index contributed by atoms with van der Waals surface area (Å²) in [6.07, 6.45) is 6.60. The Kier molecular flexibility index (Phi) is 8.99. The summed E-state index contributed by atoms with van der Waals surface area (Å²) in [5, 5.41) is 0. The third-order valence-electron chi connectivity index (χ3n) is 7.31. The maximum atomic E-state index is 13.1. The van der Waals surface area contributed by atoms with Crippen LogP contribution in [0.5, 0.6) is 5.75 Å². The van der Waals surface area contributed by atoms with Crippen LogP contribution in [-0.4, -0.2) is 56.0 Å². The third-order valence-corrected chi connectivity index (χ3v) is 7.31. The number of benzene rings is 2. The van der Waals surface area contributed by atoms with Crippen LogP contribution in [0.2, 0.25) is 0 Å². The van der Waals surface area contributed by atoms with Crippen LogP contribution >= 0.6 is 0 Å². The zero-order valence-corrected chi connectivity index (χ0v) is 21.7. The largest absolute Gasteiger partial charge is 0.484 e. The van der Waals surface area contributed by atoms with Gasteiger partial charge in [0.25, 0.3) is 5.91 Å². The van der Waals surface area contributed by atoms with Gasteiger partial charge in [0.1, 0.15) is 5.75 Å². The second-order valence-corrected chi connectivity index (χ2v) is 9.82. The summed E-state index contributed by atoms with van der Waals surface area (Å²) in [5.74, 6) is 1.08. The molecule has 7 heteroatoms. The number of nitrogens with zero attached hydrogens (tertiary/aromatic N) is 2. The number of carbonyl (C=O) groups excluding carboxylic acids is 3. The van der Waals surface area contributed by atoms with Gasteiger partial charge in [0.05, 0.1) is 13.0 Å². The van der Waals surface area contributed by atoms with Gasteiger partial charge >= 0.3 is 5.97 Å². The van der Waals surface area contributed by atoms with Crippen LogP contribution in [0.15, 0.2) is 60.2 Å². The molecule has 2 fully saturated rings. The number of para-hydroxylation sites is 1. The number of ether oxygens (including phenoxy) is 2. The number of likely N-dealkylation sites (tertiary alicyclic amines) is 1. The first-order valence-corrected chi connectivity index (χ1v) is 13.1. The van der Waals surface area contributed by atoms with E-state index in [9.17, 15) is 14.4 Å². The van der Waals surface area contributed by atoms with E-state index in [1.165, 1.54) is 25.7 Å². The Bertz CT molecular complexity index is 1100. The second kappa shape index (κ2) is 12.6. The highest BCUT2D eigenvalue weighted by molar-refractivity contribution is 5.99. The Labute approximate surface area is 219 Å². The standard InChI is InChI=1S/C30H36N2O5/c1-3-36-30(35)25(18-28(33)32-19-23-9-7-8-10-24(23)20-32)17-22-13-15-27(16-14-22)37-21-29(34)31(2)26-11-5-4-6-12-26/h4-6,11-17,23-24H,3,7-10,18-21H2,1-2H3/b25-17+/t23-,24+. The van der Waals surface area contributed by atoms with E-state index < -0.39 is 5.97 Å². The Hall–Kier alpha value is -3.61. The molecule has 1 heterocycles. The van der Waals surface area contributed by atoms with Crippen molar-refractivity contribution in [3.63, 3.8) is 0 Å². The van der Waals surface area contributed by atoms with E-state index in [-0.39, 0.29) is 31.4 Å². The SMILES string of the molecule is CCOC(=O)/C(=C/c1ccc(OCC(=O)N(C)c2ccccc2)cc1)CC(=O)N1C[C@H]2CCCC[C@H]2C1. The van der Waals surface area contributed by atoms with Crippen LogP contribution < -0.4 is 9.64 Å². The Morgan fingerprint density at radius 3 is 2.24 bits per heavy atom. The van der Waals surface area contributed by atoms with E-state index >= 15 is 0 Å². The molecule has 2 atom stereocenters. The number of anilines is 1. The number of likely N-dealkylation sites (N-methyl/N-ethyl adjacent to an activating group) is 1. The van der Waals surface area contributed by atoms with Gasteiger partial charge < -0.3 is 19.3 Å². The number of rotatable bonds is 9. The van der Waals surface area contributed by atoms with E-state index in [4.69, 9.17) is 9.47 Å². The monoisotopic (exact) mass is 504 g/mol. The highest BCUT2D eigenvalue weighted by atomic mass is 16.5. The molecule has 2 amide bonds. The molecule has 1 saturated heterocycles. The van der Waals surface area contributed by atoms with Crippen molar-refractivity contribution in [2.75, 3.05) is 38.3 Å². The number of esters is 1. The first kappa shape index (κ1) is 26.5. The molecular weight excluding hydrogens is 468 g/mol. The summed E-state index contributed by atoms with van der Waals surface area (Å²) in [5.41, 5.74) is 1.89. The summed E-state index contributed by atoms with van der Waals surface area (Å²) < 4.78 is 10.9. The lowest BCUT2D eigenvalue weighted by Crippen LogP contribution is -2.31. The molecule has 1 saturated carbocycles. The smallest absolute Gasteiger partial charge is 0.334 e. The lowest BCUT2D eigenvalue weighted by Gasteiger charge is -2.22. The minimum absolute atomic E-state index is 0.0188. The summed E-state index contributed by atoms with van der Waals surface area (Å²) in [7, 11) is 1.71. The molecule has 37 heavy (non-hydrogen) atoms. The molecule has 0 radical (unpaired) electrons. The van der Waals surface area contributed by atoms with E-state index in [2.05, 4.69) is 0 Å². The lowest BCUT2D eigenvalue weighted by atomic mass is 9.82. The summed E-state index contributed by atoms with van der Waals surface area (Å²) in [4.78, 5) is 41.7. The van der Waals surface area contributed by atoms with Crippen LogP contribution in [0.4, 0.5) is 5.69 Å². The molecule has 2 aromatic rings. The number of hydrogen-bond acceptors (Lipinski definition) is 5. The average Bonchev–Trinajstić information content (AvgIpc) is 3.37. The van der Waals surface area contributed by atoms with Gasteiger partial charge in [-0.3, -0.25) is 9.59 Å². The number of carbonyl (C=O) groups is 3. The average molecular weight is 505 g/mol. The van der Waals surface area contributed by atoms with Crippen LogP contribution in [0.25, 0.3) is 6.08 Å². The predicted octanol–water partition coefficient (Wildman–Crippen LogP) is 4.71. The first-order chi connectivity index (χ1) is 17.9. The van der Waals surface area contributed by atoms with Crippen molar-refractivity contribution >= 4 is 29.5 Å². The summed E-state index contributed by atoms with van der Waals surface area (Å²) >= 11 is 0. The quantitative estimate of drug-likeness (QED) is 0.365. The minimum Gasteiger partial charge on any atom is -0.484 e. The van der Waals surface area contributed by atoms with E-state index in [0.717, 1.165) is 24.3 Å². The molecule has 0 unspecified atom stereocenters. The highest BCUT2D eigenvalue weighted by Gasteiger charge is 2.36. The Morgan fingerprint density at radius 2 is 1.62 bits per heavy atom. The van der Waals surface area contributed by atoms with Crippen LogP contribution in [0.1, 0.15) is 44.6 Å². The first-order valence-electron chi connectivity index (χ1n) is 13.1. The molecule has 2 aromatic carbocycles. The van der Waals surface area contributed by atoms with Gasteiger partial charge in [-0.05, 0) is 67.5 Å². The third kappa shape index (κ3) is 7.00. The lowest BCUT2D eigenvalue weighted by molar-refractivity contribution is -0.140. The predicted molar refractivity (Wildman–Crippen MR) is 143 cm³/mol. The molecule has 2 aliphatic rings. The van der Waals surface area contributed by atoms with Gasteiger partial charge in [-0.1, -0.05) is 43.2 Å². The molecule has 0 aromatic heterocycles. The molecule has 0 bridgehead atoms. The summed E-state index contributed by atoms with van der Waals surface area (Å²) in [6, 6.07) is 16.5. The maximum Gasteiger partial charge on any atom is 0.334 e. The van der Waals surface area contributed by atoms with Gasteiger partial charge in [0.15, 0.2) is 6.61 Å². The fourth-order valence-electron chi connectivity index (χ4n) is 5.19. The van der Waals surface area contributed by atoms with Crippen LogP contribution in [-0.2, 0) is 19.1 Å². The topological polar surface area (TPSA) is 76.1 Å². The fourth-order valence-corrected chi connectivity index (χ4v) is 5.19. The van der Waals surface area contributed by atoms with Crippen molar-refractivity contribution < 1.29 is 23.9 Å². The van der Waals surface area contributed by atoms with Gasteiger partial charge in [-0.25, -0.2) is 4.79 Å². The van der Waals surface area contributed by atoms with Crippen molar-refractivity contribution in [2.24, 2.45) is 11.8 Å². The van der Waals surface area contributed by atoms with Crippen molar-refractivity contribution in [1.82, 2.24) is 4.90 Å². The van der Waals surface area contributed by atoms with Crippen LogP contribution in [0, 0.1) is 11.8 Å².